The normalized spacial score (nSPS) is 14.9. The summed E-state index contributed by atoms with van der Waals surface area (Å²) in [6.45, 7) is 7.50. The Kier molecular flexibility index (Phi) is 9.98. The number of nitrogens with one attached hydrogen (secondary N) is 3. The number of anilines is 1. The highest BCUT2D eigenvalue weighted by atomic mass is 19.3. The first-order valence-electron chi connectivity index (χ1n) is 10.8. The molecule has 0 spiro atoms. The zero-order valence-corrected chi connectivity index (χ0v) is 19.1. The van der Waals surface area contributed by atoms with Crippen LogP contribution in [0.5, 0.6) is 0 Å². The van der Waals surface area contributed by atoms with Gasteiger partial charge in [-0.3, -0.25) is 10.2 Å². The average molecular weight is 454 g/mol. The van der Waals surface area contributed by atoms with E-state index in [0.717, 1.165) is 23.5 Å². The molecule has 1 atom stereocenters. The van der Waals surface area contributed by atoms with Gasteiger partial charge in [0.05, 0.1) is 25.4 Å². The first-order valence-corrected chi connectivity index (χ1v) is 10.8. The molecule has 2 rings (SSSR count). The molecule has 1 unspecified atom stereocenters. The van der Waals surface area contributed by atoms with Crippen molar-refractivity contribution in [1.82, 2.24) is 15.6 Å². The Morgan fingerprint density at radius 2 is 2.06 bits per heavy atom. The summed E-state index contributed by atoms with van der Waals surface area (Å²) in [6.07, 6.45) is 3.17. The molecule has 1 aromatic rings. The number of alkyl halides is 2. The fourth-order valence-corrected chi connectivity index (χ4v) is 3.54. The predicted octanol–water partition coefficient (Wildman–Crippen LogP) is 2.87. The highest BCUT2D eigenvalue weighted by molar-refractivity contribution is 6.10. The smallest absolute Gasteiger partial charge is 0.312 e. The number of carbonyl (C=O) groups excluding carboxylic acids is 1. The Bertz CT molecular complexity index is 817. The zero-order valence-electron chi connectivity index (χ0n) is 19.1. The fraction of sp³-hybridized carbons (Fsp3) is 0.591. The minimum Gasteiger partial charge on any atom is -0.381 e. The second kappa shape index (κ2) is 12.4. The van der Waals surface area contributed by atoms with E-state index in [4.69, 9.17) is 19.9 Å². The number of nitrogens with zero attached hydrogens (tertiary/aromatic N) is 2. The van der Waals surface area contributed by atoms with Gasteiger partial charge in [-0.2, -0.15) is 8.78 Å². The van der Waals surface area contributed by atoms with E-state index in [1.807, 2.05) is 32.6 Å². The molecule has 32 heavy (non-hydrogen) atoms. The number of hydrogen-bond donors (Lipinski definition) is 3. The third kappa shape index (κ3) is 7.83. The molecule has 0 aliphatic carbocycles. The van der Waals surface area contributed by atoms with Gasteiger partial charge in [-0.15, -0.1) is 0 Å². The van der Waals surface area contributed by atoms with Crippen LogP contribution in [0.25, 0.3) is 0 Å². The highest BCUT2D eigenvalue weighted by Crippen LogP contribution is 2.24. The summed E-state index contributed by atoms with van der Waals surface area (Å²) in [5.74, 6) is -0.133. The van der Waals surface area contributed by atoms with Crippen molar-refractivity contribution in [3.8, 4) is 0 Å². The van der Waals surface area contributed by atoms with Gasteiger partial charge in [-0.05, 0) is 51.8 Å². The Hall–Kier alpha value is -2.59. The van der Waals surface area contributed by atoms with Crippen molar-refractivity contribution in [3.05, 3.63) is 35.2 Å². The van der Waals surface area contributed by atoms with Crippen LogP contribution < -0.4 is 15.5 Å². The van der Waals surface area contributed by atoms with Crippen LogP contribution in [0.3, 0.4) is 0 Å². The summed E-state index contributed by atoms with van der Waals surface area (Å²) in [7, 11) is 0. The molecule has 0 saturated heterocycles. The third-order valence-corrected chi connectivity index (χ3v) is 4.83. The quantitative estimate of drug-likeness (QED) is 0.286. The molecule has 1 aromatic heterocycles. The van der Waals surface area contributed by atoms with Crippen LogP contribution in [0.2, 0.25) is 0 Å². The molecule has 1 aliphatic rings. The van der Waals surface area contributed by atoms with E-state index >= 15 is 0 Å². The van der Waals surface area contributed by atoms with E-state index in [0.29, 0.717) is 50.5 Å². The molecule has 0 aromatic carbocycles. The summed E-state index contributed by atoms with van der Waals surface area (Å²) >= 11 is 0. The molecule has 0 fully saturated rings. The molecule has 0 radical (unpaired) electrons. The molecule has 0 bridgehead atoms. The number of ether oxygens (including phenoxy) is 2. The minimum absolute atomic E-state index is 0.0307. The number of halogens is 2. The van der Waals surface area contributed by atoms with Gasteiger partial charge in [0, 0.05) is 37.0 Å². The number of rotatable bonds is 10. The molecule has 3 N–H and O–H groups in total. The fourth-order valence-electron chi connectivity index (χ4n) is 3.54. The summed E-state index contributed by atoms with van der Waals surface area (Å²) in [5.41, 5.74) is 1.99. The van der Waals surface area contributed by atoms with E-state index in [1.54, 1.807) is 11.4 Å². The van der Waals surface area contributed by atoms with Crippen molar-refractivity contribution in [2.24, 2.45) is 0 Å². The SMILES string of the molecule is CCN(CC(C)OC(C)C)c1cc(C(=O)NC(=N)/C=C\NC(F)F)c2c(n1)CCOCC2. The summed E-state index contributed by atoms with van der Waals surface area (Å²) in [6, 6.07) is 1.72. The topological polar surface area (TPSA) is 99.6 Å². The molecule has 8 nitrogen and oxygen atoms in total. The summed E-state index contributed by atoms with van der Waals surface area (Å²) in [4.78, 5) is 19.9. The number of pyridine rings is 1. The lowest BCUT2D eigenvalue weighted by Gasteiger charge is -2.28. The van der Waals surface area contributed by atoms with E-state index in [-0.39, 0.29) is 18.0 Å². The van der Waals surface area contributed by atoms with Gasteiger partial charge in [-0.1, -0.05) is 0 Å². The van der Waals surface area contributed by atoms with Crippen LogP contribution in [0, 0.1) is 5.41 Å². The molecule has 10 heteroatoms. The standard InChI is InChI=1S/C22H33F2N5O3/c1-5-29(13-15(4)32-14(2)3)20-12-17(16-7-10-31-11-8-18(16)27-20)21(30)28-19(25)6-9-26-22(23)24/h6,9,12,14-15,22,26H,5,7-8,10-11,13H2,1-4H3,(H2,25,28,30)/b9-6-. The molecular formula is C22H33F2N5O3. The zero-order chi connectivity index (χ0) is 23.7. The molecule has 1 amide bonds. The van der Waals surface area contributed by atoms with Crippen LogP contribution in [-0.2, 0) is 22.3 Å². The highest BCUT2D eigenvalue weighted by Gasteiger charge is 2.23. The van der Waals surface area contributed by atoms with E-state index in [2.05, 4.69) is 5.32 Å². The first-order chi connectivity index (χ1) is 15.2. The van der Waals surface area contributed by atoms with Gasteiger partial charge in [0.25, 0.3) is 5.91 Å². The van der Waals surface area contributed by atoms with Gasteiger partial charge >= 0.3 is 6.55 Å². The van der Waals surface area contributed by atoms with Crippen LogP contribution >= 0.6 is 0 Å². The van der Waals surface area contributed by atoms with Gasteiger partial charge < -0.3 is 25.0 Å². The average Bonchev–Trinajstić information content (AvgIpc) is 2.95. The lowest BCUT2D eigenvalue weighted by molar-refractivity contribution is 0.0232. The van der Waals surface area contributed by atoms with Gasteiger partial charge in [0.15, 0.2) is 0 Å². The van der Waals surface area contributed by atoms with E-state index in [9.17, 15) is 13.6 Å². The lowest BCUT2D eigenvalue weighted by atomic mass is 10.0. The number of hydrogen-bond acceptors (Lipinski definition) is 7. The van der Waals surface area contributed by atoms with E-state index in [1.165, 1.54) is 0 Å². The van der Waals surface area contributed by atoms with Crippen LogP contribution in [-0.4, -0.2) is 61.8 Å². The number of carbonyl (C=O) groups is 1. The van der Waals surface area contributed by atoms with E-state index < -0.39 is 12.5 Å². The van der Waals surface area contributed by atoms with Crippen LogP contribution in [0.4, 0.5) is 14.6 Å². The number of amidine groups is 1. The second-order valence-corrected chi connectivity index (χ2v) is 7.77. The maximum atomic E-state index is 13.0. The van der Waals surface area contributed by atoms with Crippen molar-refractivity contribution in [1.29, 1.82) is 5.41 Å². The molecule has 178 valence electrons. The Morgan fingerprint density at radius 3 is 2.72 bits per heavy atom. The van der Waals surface area contributed by atoms with Gasteiger partial charge in [-0.25, -0.2) is 4.98 Å². The van der Waals surface area contributed by atoms with Crippen LogP contribution in [0.15, 0.2) is 18.3 Å². The Morgan fingerprint density at radius 1 is 1.34 bits per heavy atom. The maximum Gasteiger partial charge on any atom is 0.312 e. The van der Waals surface area contributed by atoms with Crippen molar-refractivity contribution < 1.29 is 23.0 Å². The van der Waals surface area contributed by atoms with Gasteiger partial charge in [0.1, 0.15) is 11.7 Å². The number of fused-ring (bicyclic) bond motifs is 1. The number of likely N-dealkylation sites (N-methyl/N-ethyl adjacent to an activating group) is 1. The van der Waals surface area contributed by atoms with Crippen LogP contribution in [0.1, 0.15) is 49.3 Å². The Labute approximate surface area is 187 Å². The third-order valence-electron chi connectivity index (χ3n) is 4.83. The number of amides is 1. The predicted molar refractivity (Wildman–Crippen MR) is 120 cm³/mol. The van der Waals surface area contributed by atoms with Crippen molar-refractivity contribution in [2.75, 3.05) is 31.2 Å². The molecule has 0 saturated carbocycles. The molecular weight excluding hydrogens is 420 g/mol. The molecule has 1 aliphatic heterocycles. The summed E-state index contributed by atoms with van der Waals surface area (Å²) in [5, 5.41) is 12.1. The Balaban J connectivity index is 2.31. The maximum absolute atomic E-state index is 13.0. The van der Waals surface area contributed by atoms with Crippen molar-refractivity contribution in [2.45, 2.75) is 59.3 Å². The van der Waals surface area contributed by atoms with Crippen molar-refractivity contribution >= 4 is 17.6 Å². The lowest BCUT2D eigenvalue weighted by Crippen LogP contribution is -2.35. The second-order valence-electron chi connectivity index (χ2n) is 7.77. The molecule has 2 heterocycles. The largest absolute Gasteiger partial charge is 0.381 e. The monoisotopic (exact) mass is 453 g/mol. The summed E-state index contributed by atoms with van der Waals surface area (Å²) < 4.78 is 35.8. The van der Waals surface area contributed by atoms with Crippen molar-refractivity contribution in [3.63, 3.8) is 0 Å². The first kappa shape index (κ1) is 25.7. The number of aromatic nitrogens is 1. The van der Waals surface area contributed by atoms with Gasteiger partial charge in [0.2, 0.25) is 0 Å². The minimum atomic E-state index is -2.74.